The van der Waals surface area contributed by atoms with E-state index in [1.165, 1.54) is 4.70 Å². The summed E-state index contributed by atoms with van der Waals surface area (Å²) in [4.78, 5) is 4.66. The minimum atomic E-state index is -0.269. The van der Waals surface area contributed by atoms with E-state index >= 15 is 0 Å². The van der Waals surface area contributed by atoms with Gasteiger partial charge in [0.1, 0.15) is 0 Å². The summed E-state index contributed by atoms with van der Waals surface area (Å²) in [5, 5.41) is 11.3. The normalized spacial score (nSPS) is 28.0. The number of thiazole rings is 1. The van der Waals surface area contributed by atoms with Gasteiger partial charge in [-0.1, -0.05) is 18.6 Å². The predicted molar refractivity (Wildman–Crippen MR) is 74.7 cm³/mol. The van der Waals surface area contributed by atoms with Crippen molar-refractivity contribution in [3.63, 3.8) is 0 Å². The highest BCUT2D eigenvalue weighted by Gasteiger charge is 2.41. The Morgan fingerprint density at radius 3 is 2.94 bits per heavy atom. The number of nitrogens with two attached hydrogens (primary N) is 1. The molecule has 3 rings (SSSR count). The molecule has 2 unspecified atom stereocenters. The van der Waals surface area contributed by atoms with Crippen LogP contribution in [0.4, 0.5) is 0 Å². The number of hydrogen-bond donors (Lipinski definition) is 2. The maximum Gasteiger partial charge on any atom is 0.0945 e. The van der Waals surface area contributed by atoms with Gasteiger partial charge in [0.2, 0.25) is 0 Å². The van der Waals surface area contributed by atoms with Gasteiger partial charge in [-0.2, -0.15) is 0 Å². The molecule has 0 aliphatic heterocycles. The second kappa shape index (κ2) is 4.61. The minimum absolute atomic E-state index is 0.145. The molecule has 3 N–H and O–H groups in total. The van der Waals surface area contributed by atoms with E-state index in [-0.39, 0.29) is 11.5 Å². The van der Waals surface area contributed by atoms with Gasteiger partial charge in [0.05, 0.1) is 21.3 Å². The van der Waals surface area contributed by atoms with Gasteiger partial charge in [-0.15, -0.1) is 11.3 Å². The molecular formula is C14H18N2OS. The Kier molecular flexibility index (Phi) is 3.09. The molecule has 3 nitrogen and oxygen atoms in total. The lowest BCUT2D eigenvalue weighted by Gasteiger charge is -2.30. The van der Waals surface area contributed by atoms with Crippen molar-refractivity contribution in [3.05, 3.63) is 29.3 Å². The van der Waals surface area contributed by atoms with Gasteiger partial charge in [-0.3, -0.25) is 0 Å². The molecule has 1 heterocycles. The monoisotopic (exact) mass is 262 g/mol. The minimum Gasteiger partial charge on any atom is -0.392 e. The van der Waals surface area contributed by atoms with Gasteiger partial charge in [0.15, 0.2) is 0 Å². The van der Waals surface area contributed by atoms with Gasteiger partial charge in [-0.05, 0) is 25.0 Å². The molecule has 0 bridgehead atoms. The van der Waals surface area contributed by atoms with Crippen molar-refractivity contribution < 1.29 is 5.11 Å². The first kappa shape index (κ1) is 12.1. The van der Waals surface area contributed by atoms with E-state index < -0.39 is 0 Å². The van der Waals surface area contributed by atoms with E-state index in [0.29, 0.717) is 6.54 Å². The lowest BCUT2D eigenvalue weighted by molar-refractivity contribution is 0.0588. The zero-order valence-corrected chi connectivity index (χ0v) is 11.1. The average Bonchev–Trinajstić information content (AvgIpc) is 2.94. The molecule has 96 valence electrons. The molecular weight excluding hydrogens is 244 g/mol. The van der Waals surface area contributed by atoms with Crippen LogP contribution in [0.25, 0.3) is 10.2 Å². The molecule has 0 amide bonds. The molecule has 0 saturated heterocycles. The molecule has 1 aliphatic rings. The van der Waals surface area contributed by atoms with E-state index in [2.05, 4.69) is 11.1 Å². The Labute approximate surface area is 111 Å². The molecule has 4 heteroatoms. The number of para-hydroxylation sites is 1. The molecule has 0 radical (unpaired) electrons. The Morgan fingerprint density at radius 1 is 1.44 bits per heavy atom. The van der Waals surface area contributed by atoms with Crippen molar-refractivity contribution in [2.75, 3.05) is 6.54 Å². The van der Waals surface area contributed by atoms with Crippen LogP contribution in [0.5, 0.6) is 0 Å². The van der Waals surface area contributed by atoms with Gasteiger partial charge in [-0.25, -0.2) is 4.98 Å². The third kappa shape index (κ3) is 1.94. The van der Waals surface area contributed by atoms with E-state index in [9.17, 15) is 5.11 Å². The topological polar surface area (TPSA) is 59.1 Å². The van der Waals surface area contributed by atoms with Crippen LogP contribution < -0.4 is 5.73 Å². The third-order valence-corrected chi connectivity index (χ3v) is 5.14. The standard InChI is InChI=1S/C14H18N2OS/c15-9-14(7-3-6-12(14)17)8-13-16-10-4-1-2-5-11(10)18-13/h1-2,4-5,12,17H,3,6-9,15H2. The maximum atomic E-state index is 10.2. The van der Waals surface area contributed by atoms with Gasteiger partial charge >= 0.3 is 0 Å². The summed E-state index contributed by atoms with van der Waals surface area (Å²) in [6, 6.07) is 8.18. The number of benzene rings is 1. The Balaban J connectivity index is 1.91. The fourth-order valence-electron chi connectivity index (χ4n) is 2.93. The van der Waals surface area contributed by atoms with Gasteiger partial charge in [0, 0.05) is 18.4 Å². The van der Waals surface area contributed by atoms with Crippen molar-refractivity contribution in [2.45, 2.75) is 31.8 Å². The quantitative estimate of drug-likeness (QED) is 0.892. The second-order valence-electron chi connectivity index (χ2n) is 5.23. The zero-order chi connectivity index (χ0) is 12.6. The van der Waals surface area contributed by atoms with Gasteiger partial charge in [0.25, 0.3) is 0 Å². The van der Waals surface area contributed by atoms with Crippen LogP contribution >= 0.6 is 11.3 Å². The molecule has 2 atom stereocenters. The smallest absolute Gasteiger partial charge is 0.0945 e. The van der Waals surface area contributed by atoms with E-state index in [1.807, 2.05) is 18.2 Å². The molecule has 2 aromatic rings. The lowest BCUT2D eigenvalue weighted by atomic mass is 9.81. The molecule has 18 heavy (non-hydrogen) atoms. The van der Waals surface area contributed by atoms with Crippen molar-refractivity contribution in [1.82, 2.24) is 4.98 Å². The van der Waals surface area contributed by atoms with E-state index in [1.54, 1.807) is 11.3 Å². The second-order valence-corrected chi connectivity index (χ2v) is 6.34. The van der Waals surface area contributed by atoms with Crippen molar-refractivity contribution in [1.29, 1.82) is 0 Å². The fraction of sp³-hybridized carbons (Fsp3) is 0.500. The Bertz CT molecular complexity index is 520. The largest absolute Gasteiger partial charge is 0.392 e. The average molecular weight is 262 g/mol. The van der Waals surface area contributed by atoms with Gasteiger partial charge < -0.3 is 10.8 Å². The van der Waals surface area contributed by atoms with Crippen molar-refractivity contribution in [3.8, 4) is 0 Å². The highest BCUT2D eigenvalue weighted by Crippen LogP contribution is 2.41. The first-order valence-corrected chi connectivity index (χ1v) is 7.28. The summed E-state index contributed by atoms with van der Waals surface area (Å²) in [6.07, 6.45) is 3.50. The van der Waals surface area contributed by atoms with Crippen LogP contribution in [0.3, 0.4) is 0 Å². The first-order chi connectivity index (χ1) is 8.73. The summed E-state index contributed by atoms with van der Waals surface area (Å²) in [5.41, 5.74) is 6.83. The SMILES string of the molecule is NCC1(Cc2nc3ccccc3s2)CCCC1O. The first-order valence-electron chi connectivity index (χ1n) is 6.46. The number of aliphatic hydroxyl groups excluding tert-OH is 1. The molecule has 1 aliphatic carbocycles. The number of nitrogens with zero attached hydrogens (tertiary/aromatic N) is 1. The number of fused-ring (bicyclic) bond motifs is 1. The number of aromatic nitrogens is 1. The predicted octanol–water partition coefficient (Wildman–Crippen LogP) is 2.33. The Morgan fingerprint density at radius 2 is 2.28 bits per heavy atom. The number of rotatable bonds is 3. The molecule has 1 aromatic carbocycles. The van der Waals surface area contributed by atoms with E-state index in [4.69, 9.17) is 5.73 Å². The van der Waals surface area contributed by atoms with Crippen LogP contribution in [0, 0.1) is 5.41 Å². The Hall–Kier alpha value is -0.970. The van der Waals surface area contributed by atoms with Crippen LogP contribution in [0.15, 0.2) is 24.3 Å². The van der Waals surface area contributed by atoms with Crippen LogP contribution in [0.1, 0.15) is 24.3 Å². The van der Waals surface area contributed by atoms with Crippen LogP contribution in [-0.2, 0) is 6.42 Å². The lowest BCUT2D eigenvalue weighted by Crippen LogP contribution is -2.39. The maximum absolute atomic E-state index is 10.2. The van der Waals surface area contributed by atoms with Crippen molar-refractivity contribution in [2.24, 2.45) is 11.1 Å². The van der Waals surface area contributed by atoms with Crippen molar-refractivity contribution >= 4 is 21.6 Å². The summed E-state index contributed by atoms with van der Waals surface area (Å²) in [7, 11) is 0. The van der Waals surface area contributed by atoms with Crippen LogP contribution in [-0.4, -0.2) is 22.7 Å². The number of aliphatic hydroxyl groups is 1. The van der Waals surface area contributed by atoms with E-state index in [0.717, 1.165) is 36.2 Å². The molecule has 0 spiro atoms. The molecule has 1 aromatic heterocycles. The highest BCUT2D eigenvalue weighted by molar-refractivity contribution is 7.18. The summed E-state index contributed by atoms with van der Waals surface area (Å²) < 4.78 is 1.21. The number of hydrogen-bond acceptors (Lipinski definition) is 4. The van der Waals surface area contributed by atoms with Crippen LogP contribution in [0.2, 0.25) is 0 Å². The zero-order valence-electron chi connectivity index (χ0n) is 10.3. The molecule has 1 fully saturated rings. The highest BCUT2D eigenvalue weighted by atomic mass is 32.1. The fourth-order valence-corrected chi connectivity index (χ4v) is 4.06. The third-order valence-electron chi connectivity index (χ3n) is 4.11. The summed E-state index contributed by atoms with van der Waals surface area (Å²) >= 11 is 1.72. The summed E-state index contributed by atoms with van der Waals surface area (Å²) in [5.74, 6) is 0. The summed E-state index contributed by atoms with van der Waals surface area (Å²) in [6.45, 7) is 0.546. The molecule has 1 saturated carbocycles.